The number of nitrogens with one attached hydrogen (secondary N) is 2. The van der Waals surface area contributed by atoms with E-state index in [9.17, 15) is 0 Å². The molecule has 4 rings (SSSR count). The van der Waals surface area contributed by atoms with E-state index in [-0.39, 0.29) is 6.04 Å². The molecule has 0 radical (unpaired) electrons. The molecule has 3 aromatic rings. The van der Waals surface area contributed by atoms with E-state index in [1.54, 1.807) is 0 Å². The van der Waals surface area contributed by atoms with E-state index in [2.05, 4.69) is 57.6 Å². The van der Waals surface area contributed by atoms with Gasteiger partial charge >= 0.3 is 0 Å². The van der Waals surface area contributed by atoms with Crippen molar-refractivity contribution in [1.29, 1.82) is 5.41 Å². The highest BCUT2D eigenvalue weighted by Gasteiger charge is 2.30. The lowest BCUT2D eigenvalue weighted by molar-refractivity contribution is 0.743. The highest BCUT2D eigenvalue weighted by atomic mass is 35.5. The second-order valence-corrected chi connectivity index (χ2v) is 9.30. The lowest BCUT2D eigenvalue weighted by Gasteiger charge is -2.34. The molecule has 2 N–H and O–H groups in total. The maximum Gasteiger partial charge on any atom is 0.164 e. The standard InChI is InChI=1S/C27H33ClN6/c1-6-18-15-22(16-34-17(4)31-32-27(18)34)33(5)26(19-9-11-20(28)12-10-19)25(23(29)7-2)24(8-3)30-21-13-14-21/h8-12,15-16,21,26,29-30H,3,6-7,13-14H2,1-2,4-5H3/b25-24+,29-23?. The van der Waals surface area contributed by atoms with E-state index >= 15 is 0 Å². The molecule has 1 aromatic carbocycles. The first kappa shape index (κ1) is 24.0. The van der Waals surface area contributed by atoms with Gasteiger partial charge in [0, 0.05) is 41.3 Å². The molecule has 1 unspecified atom stereocenters. The third kappa shape index (κ3) is 4.73. The average Bonchev–Trinajstić information content (AvgIpc) is 3.60. The average molecular weight is 477 g/mol. The van der Waals surface area contributed by atoms with Crippen molar-refractivity contribution in [2.75, 3.05) is 11.9 Å². The molecular weight excluding hydrogens is 444 g/mol. The van der Waals surface area contributed by atoms with Crippen LogP contribution in [0.3, 0.4) is 0 Å². The van der Waals surface area contributed by atoms with Crippen LogP contribution in [0.25, 0.3) is 5.65 Å². The van der Waals surface area contributed by atoms with E-state index in [0.29, 0.717) is 23.2 Å². The van der Waals surface area contributed by atoms with Crippen molar-refractivity contribution >= 4 is 28.6 Å². The van der Waals surface area contributed by atoms with Crippen LogP contribution in [-0.4, -0.2) is 33.4 Å². The lowest BCUT2D eigenvalue weighted by Crippen LogP contribution is -2.32. The molecule has 178 valence electrons. The van der Waals surface area contributed by atoms with Crippen LogP contribution in [0.5, 0.6) is 0 Å². The number of fused-ring (bicyclic) bond motifs is 1. The molecule has 7 heteroatoms. The Balaban J connectivity index is 1.92. The molecule has 0 bridgehead atoms. The third-order valence-corrected chi connectivity index (χ3v) is 6.73. The van der Waals surface area contributed by atoms with E-state index in [1.165, 1.54) is 0 Å². The Morgan fingerprint density at radius 1 is 1.29 bits per heavy atom. The zero-order valence-electron chi connectivity index (χ0n) is 20.4. The molecule has 2 heterocycles. The maximum atomic E-state index is 8.97. The van der Waals surface area contributed by atoms with Crippen molar-refractivity contribution in [1.82, 2.24) is 19.9 Å². The zero-order chi connectivity index (χ0) is 24.4. The number of hydrogen-bond donors (Lipinski definition) is 2. The molecule has 34 heavy (non-hydrogen) atoms. The largest absolute Gasteiger partial charge is 0.382 e. The summed E-state index contributed by atoms with van der Waals surface area (Å²) >= 11 is 6.25. The minimum Gasteiger partial charge on any atom is -0.382 e. The minimum atomic E-state index is -0.206. The van der Waals surface area contributed by atoms with Crippen LogP contribution in [0.2, 0.25) is 5.02 Å². The summed E-state index contributed by atoms with van der Waals surface area (Å²) < 4.78 is 2.05. The first-order valence-electron chi connectivity index (χ1n) is 11.9. The van der Waals surface area contributed by atoms with Crippen LogP contribution in [0.4, 0.5) is 5.69 Å². The quantitative estimate of drug-likeness (QED) is 0.276. The summed E-state index contributed by atoms with van der Waals surface area (Å²) in [6.45, 7) is 10.2. The van der Waals surface area contributed by atoms with Gasteiger partial charge < -0.3 is 15.6 Å². The molecule has 6 nitrogen and oxygen atoms in total. The molecule has 1 atom stereocenters. The van der Waals surface area contributed by atoms with E-state index in [4.69, 9.17) is 17.0 Å². The summed E-state index contributed by atoms with van der Waals surface area (Å²) in [6, 6.07) is 10.4. The number of benzene rings is 1. The van der Waals surface area contributed by atoms with Gasteiger partial charge in [-0.15, -0.1) is 10.2 Å². The van der Waals surface area contributed by atoms with Gasteiger partial charge in [-0.3, -0.25) is 4.40 Å². The van der Waals surface area contributed by atoms with Gasteiger partial charge in [0.25, 0.3) is 0 Å². The fraction of sp³-hybridized carbons (Fsp3) is 0.370. The van der Waals surface area contributed by atoms with Crippen molar-refractivity contribution in [3.8, 4) is 0 Å². The Morgan fingerprint density at radius 2 is 2.00 bits per heavy atom. The molecular formula is C27H33ClN6. The van der Waals surface area contributed by atoms with E-state index in [0.717, 1.165) is 58.8 Å². The van der Waals surface area contributed by atoms with Crippen LogP contribution in [0.1, 0.15) is 56.1 Å². The Kier molecular flexibility index (Phi) is 7.08. The van der Waals surface area contributed by atoms with Crippen LogP contribution < -0.4 is 10.2 Å². The number of anilines is 1. The number of halogens is 1. The summed E-state index contributed by atoms with van der Waals surface area (Å²) in [5.74, 6) is 0.849. The monoisotopic (exact) mass is 476 g/mol. The van der Waals surface area contributed by atoms with Gasteiger partial charge in [-0.25, -0.2) is 0 Å². The highest BCUT2D eigenvalue weighted by Crippen LogP contribution is 2.36. The first-order chi connectivity index (χ1) is 16.4. The third-order valence-electron chi connectivity index (χ3n) is 6.48. The van der Waals surface area contributed by atoms with Crippen LogP contribution in [-0.2, 0) is 6.42 Å². The van der Waals surface area contributed by atoms with Crippen LogP contribution >= 0.6 is 11.6 Å². The topological polar surface area (TPSA) is 69.3 Å². The molecule has 2 aromatic heterocycles. The van der Waals surface area contributed by atoms with Gasteiger partial charge in [-0.05, 0) is 68.0 Å². The second kappa shape index (κ2) is 10.0. The number of aromatic nitrogens is 3. The van der Waals surface area contributed by atoms with Gasteiger partial charge in [0.2, 0.25) is 0 Å². The van der Waals surface area contributed by atoms with Crippen molar-refractivity contribution in [2.45, 2.75) is 58.5 Å². The predicted molar refractivity (Wildman–Crippen MR) is 141 cm³/mol. The summed E-state index contributed by atoms with van der Waals surface area (Å²) in [6.07, 6.45) is 7.72. The van der Waals surface area contributed by atoms with Gasteiger partial charge in [0.05, 0.1) is 11.7 Å². The van der Waals surface area contributed by atoms with Gasteiger partial charge in [-0.1, -0.05) is 44.2 Å². The smallest absolute Gasteiger partial charge is 0.164 e. The number of nitrogens with zero attached hydrogens (tertiary/aromatic N) is 4. The summed E-state index contributed by atoms with van der Waals surface area (Å²) in [7, 11) is 2.08. The Hall–Kier alpha value is -3.12. The SMILES string of the molecule is C=C/C(NC1CC1)=C(/C(=N)CC)C(c1ccc(Cl)cc1)N(C)c1cc(CC)c2nnc(C)n2c1. The number of allylic oxidation sites excluding steroid dienone is 1. The van der Waals surface area contributed by atoms with E-state index < -0.39 is 0 Å². The molecule has 0 aliphatic heterocycles. The van der Waals surface area contributed by atoms with Crippen LogP contribution in [0.15, 0.2) is 60.5 Å². The Labute approximate surface area is 206 Å². The number of aryl methyl sites for hydroxylation is 2. The fourth-order valence-electron chi connectivity index (χ4n) is 4.35. The lowest BCUT2D eigenvalue weighted by atomic mass is 9.90. The number of likely N-dealkylation sites (N-methyl/N-ethyl adjacent to an activating group) is 1. The summed E-state index contributed by atoms with van der Waals surface area (Å²) in [5, 5.41) is 21.9. The number of pyridine rings is 1. The van der Waals surface area contributed by atoms with Crippen molar-refractivity contribution in [2.24, 2.45) is 0 Å². The van der Waals surface area contributed by atoms with Gasteiger partial charge in [0.1, 0.15) is 5.82 Å². The van der Waals surface area contributed by atoms with Crippen molar-refractivity contribution < 1.29 is 0 Å². The molecule has 1 fully saturated rings. The Morgan fingerprint density at radius 3 is 2.59 bits per heavy atom. The summed E-state index contributed by atoms with van der Waals surface area (Å²) in [5.41, 5.74) is 6.58. The van der Waals surface area contributed by atoms with Gasteiger partial charge in [0.15, 0.2) is 5.65 Å². The van der Waals surface area contributed by atoms with Crippen molar-refractivity contribution in [3.05, 3.63) is 82.4 Å². The minimum absolute atomic E-state index is 0.206. The predicted octanol–water partition coefficient (Wildman–Crippen LogP) is 6.05. The van der Waals surface area contributed by atoms with E-state index in [1.807, 2.05) is 44.2 Å². The number of rotatable bonds is 10. The maximum absolute atomic E-state index is 8.97. The van der Waals surface area contributed by atoms with Crippen LogP contribution in [0, 0.1) is 12.3 Å². The van der Waals surface area contributed by atoms with Gasteiger partial charge in [-0.2, -0.15) is 0 Å². The number of hydrogen-bond acceptors (Lipinski definition) is 5. The molecule has 0 amide bonds. The molecule has 1 aliphatic carbocycles. The molecule has 1 saturated carbocycles. The highest BCUT2D eigenvalue weighted by molar-refractivity contribution is 6.30. The molecule has 1 aliphatic rings. The van der Waals surface area contributed by atoms with Crippen molar-refractivity contribution in [3.63, 3.8) is 0 Å². The molecule has 0 saturated heterocycles. The molecule has 0 spiro atoms. The fourth-order valence-corrected chi connectivity index (χ4v) is 4.47. The normalized spacial score (nSPS) is 15.1. The first-order valence-corrected chi connectivity index (χ1v) is 12.3. The zero-order valence-corrected chi connectivity index (χ0v) is 21.2. The Bertz CT molecular complexity index is 1240. The summed E-state index contributed by atoms with van der Waals surface area (Å²) in [4.78, 5) is 2.24. The second-order valence-electron chi connectivity index (χ2n) is 8.87.